The van der Waals surface area contributed by atoms with E-state index in [0.29, 0.717) is 6.07 Å². The standard InChI is InChI=1S/C10H5ClF9N.ClH/c11-4-2-1-3(9(15,16)17)5(6(4)12)7(21)8(13,14)10(18,19)20;/h1-2,7H,21H2;1H/t7-;/m0./s1. The van der Waals surface area contributed by atoms with E-state index in [-0.39, 0.29) is 18.5 Å². The van der Waals surface area contributed by atoms with E-state index in [1.54, 1.807) is 0 Å². The van der Waals surface area contributed by atoms with E-state index in [2.05, 4.69) is 5.73 Å². The highest BCUT2D eigenvalue weighted by atomic mass is 35.5. The third kappa shape index (κ3) is 3.72. The number of nitrogens with two attached hydrogens (primary N) is 1. The summed E-state index contributed by atoms with van der Waals surface area (Å²) >= 11 is 5.12. The van der Waals surface area contributed by atoms with Gasteiger partial charge in [-0.25, -0.2) is 4.39 Å². The van der Waals surface area contributed by atoms with Crippen LogP contribution in [0.15, 0.2) is 12.1 Å². The third-order valence-corrected chi connectivity index (χ3v) is 2.81. The second-order valence-electron chi connectivity index (χ2n) is 3.92. The molecule has 0 saturated carbocycles. The summed E-state index contributed by atoms with van der Waals surface area (Å²) in [6.07, 6.45) is -11.6. The average molecular weight is 382 g/mol. The first-order valence-electron chi connectivity index (χ1n) is 4.96. The number of hydrogen-bond acceptors (Lipinski definition) is 1. The number of rotatable bonds is 2. The van der Waals surface area contributed by atoms with Crippen LogP contribution in [0.2, 0.25) is 5.02 Å². The molecule has 1 aromatic rings. The highest BCUT2D eigenvalue weighted by Gasteiger charge is 2.63. The van der Waals surface area contributed by atoms with Crippen LogP contribution in [0.5, 0.6) is 0 Å². The van der Waals surface area contributed by atoms with Crippen LogP contribution in [0.1, 0.15) is 17.2 Å². The van der Waals surface area contributed by atoms with Crippen molar-refractivity contribution in [3.63, 3.8) is 0 Å². The zero-order chi connectivity index (χ0) is 16.8. The van der Waals surface area contributed by atoms with Crippen molar-refractivity contribution in [1.82, 2.24) is 0 Å². The summed E-state index contributed by atoms with van der Waals surface area (Å²) in [5.41, 5.74) is 0.459. The summed E-state index contributed by atoms with van der Waals surface area (Å²) in [4.78, 5) is 0. The Balaban J connectivity index is 0.00000441. The predicted octanol–water partition coefficient (Wildman–Crippen LogP) is 5.12. The normalized spacial score (nSPS) is 14.5. The van der Waals surface area contributed by atoms with E-state index in [1.807, 2.05) is 0 Å². The second kappa shape index (κ2) is 6.32. The maximum Gasteiger partial charge on any atom is 0.455 e. The van der Waals surface area contributed by atoms with Gasteiger partial charge in [-0.3, -0.25) is 0 Å². The minimum Gasteiger partial charge on any atom is -0.319 e. The van der Waals surface area contributed by atoms with Gasteiger partial charge in [-0.05, 0) is 12.1 Å². The van der Waals surface area contributed by atoms with Gasteiger partial charge in [0.2, 0.25) is 0 Å². The first-order chi connectivity index (χ1) is 9.21. The molecule has 1 rings (SSSR count). The molecule has 1 aromatic carbocycles. The van der Waals surface area contributed by atoms with Crippen LogP contribution >= 0.6 is 24.0 Å². The van der Waals surface area contributed by atoms with Crippen LogP contribution in [-0.4, -0.2) is 12.1 Å². The number of hydrogen-bond donors (Lipinski definition) is 1. The Bertz CT molecular complexity index is 538. The minimum atomic E-state index is -6.26. The largest absolute Gasteiger partial charge is 0.455 e. The molecule has 0 bridgehead atoms. The summed E-state index contributed by atoms with van der Waals surface area (Å²) in [6, 6.07) is -3.15. The molecule has 2 N–H and O–H groups in total. The Hall–Kier alpha value is -0.870. The van der Waals surface area contributed by atoms with E-state index in [1.165, 1.54) is 0 Å². The molecule has 0 fully saturated rings. The molecule has 0 aliphatic carbocycles. The van der Waals surface area contributed by atoms with E-state index in [0.717, 1.165) is 0 Å². The quantitative estimate of drug-likeness (QED) is 0.707. The fraction of sp³-hybridized carbons (Fsp3) is 0.400. The first-order valence-corrected chi connectivity index (χ1v) is 5.34. The van der Waals surface area contributed by atoms with Crippen LogP contribution < -0.4 is 5.73 Å². The van der Waals surface area contributed by atoms with Gasteiger partial charge in [0.25, 0.3) is 0 Å². The van der Waals surface area contributed by atoms with Gasteiger partial charge >= 0.3 is 18.3 Å². The van der Waals surface area contributed by atoms with Crippen LogP contribution in [0.3, 0.4) is 0 Å². The van der Waals surface area contributed by atoms with Crippen molar-refractivity contribution >= 4 is 24.0 Å². The lowest BCUT2D eigenvalue weighted by Crippen LogP contribution is -2.46. The van der Waals surface area contributed by atoms with E-state index in [4.69, 9.17) is 11.6 Å². The van der Waals surface area contributed by atoms with Crippen molar-refractivity contribution in [2.75, 3.05) is 0 Å². The van der Waals surface area contributed by atoms with Crippen molar-refractivity contribution in [2.45, 2.75) is 24.3 Å². The topological polar surface area (TPSA) is 26.0 Å². The molecule has 0 aliphatic heterocycles. The van der Waals surface area contributed by atoms with Gasteiger partial charge in [0.1, 0.15) is 11.9 Å². The highest BCUT2D eigenvalue weighted by molar-refractivity contribution is 6.30. The molecule has 0 unspecified atom stereocenters. The number of benzene rings is 1. The van der Waals surface area contributed by atoms with Crippen LogP contribution in [0.25, 0.3) is 0 Å². The summed E-state index contributed by atoms with van der Waals surface area (Å²) in [7, 11) is 0. The molecular weight excluding hydrogens is 376 g/mol. The molecule has 0 heterocycles. The zero-order valence-electron chi connectivity index (χ0n) is 10.00. The lowest BCUT2D eigenvalue weighted by Gasteiger charge is -2.28. The lowest BCUT2D eigenvalue weighted by atomic mass is 9.94. The van der Waals surface area contributed by atoms with Crippen LogP contribution in [0.4, 0.5) is 39.5 Å². The zero-order valence-corrected chi connectivity index (χ0v) is 11.6. The van der Waals surface area contributed by atoms with Gasteiger partial charge in [0.15, 0.2) is 0 Å². The van der Waals surface area contributed by atoms with Gasteiger partial charge in [0, 0.05) is 5.56 Å². The fourth-order valence-electron chi connectivity index (χ4n) is 1.48. The molecular formula is C10H6Cl2F9N. The predicted molar refractivity (Wildman–Crippen MR) is 61.6 cm³/mol. The fourth-order valence-corrected chi connectivity index (χ4v) is 1.64. The Kier molecular flexibility index (Phi) is 6.07. The van der Waals surface area contributed by atoms with Crippen molar-refractivity contribution in [3.8, 4) is 0 Å². The van der Waals surface area contributed by atoms with Gasteiger partial charge in [0.05, 0.1) is 10.6 Å². The Morgan fingerprint density at radius 1 is 0.955 bits per heavy atom. The SMILES string of the molecule is Cl.N[C@@H](c1c(C(F)(F)F)ccc(Cl)c1F)C(F)(F)C(F)(F)F. The highest BCUT2D eigenvalue weighted by Crippen LogP contribution is 2.47. The Morgan fingerprint density at radius 3 is 1.77 bits per heavy atom. The van der Waals surface area contributed by atoms with E-state index < -0.39 is 46.3 Å². The van der Waals surface area contributed by atoms with Crippen molar-refractivity contribution in [1.29, 1.82) is 0 Å². The molecule has 0 aliphatic rings. The molecule has 0 radical (unpaired) electrons. The number of alkyl halides is 8. The van der Waals surface area contributed by atoms with Crippen molar-refractivity contribution in [3.05, 3.63) is 34.1 Å². The molecule has 0 spiro atoms. The first kappa shape index (κ1) is 21.1. The van der Waals surface area contributed by atoms with Gasteiger partial charge in [-0.15, -0.1) is 12.4 Å². The van der Waals surface area contributed by atoms with Crippen LogP contribution in [-0.2, 0) is 6.18 Å². The molecule has 1 atom stereocenters. The molecule has 0 amide bonds. The second-order valence-corrected chi connectivity index (χ2v) is 4.33. The van der Waals surface area contributed by atoms with Crippen molar-refractivity contribution < 1.29 is 39.5 Å². The van der Waals surface area contributed by atoms with E-state index in [9.17, 15) is 39.5 Å². The third-order valence-electron chi connectivity index (χ3n) is 2.52. The molecule has 128 valence electrons. The molecule has 22 heavy (non-hydrogen) atoms. The summed E-state index contributed by atoms with van der Waals surface area (Å²) in [6.45, 7) is 0. The number of halogens is 11. The Labute approximate surface area is 128 Å². The summed E-state index contributed by atoms with van der Waals surface area (Å²) < 4.78 is 114. The monoisotopic (exact) mass is 381 g/mol. The molecule has 0 saturated heterocycles. The molecule has 0 aromatic heterocycles. The lowest BCUT2D eigenvalue weighted by molar-refractivity contribution is -0.291. The van der Waals surface area contributed by atoms with Crippen LogP contribution in [0, 0.1) is 5.82 Å². The van der Waals surface area contributed by atoms with E-state index >= 15 is 0 Å². The van der Waals surface area contributed by atoms with Gasteiger partial charge < -0.3 is 5.73 Å². The molecule has 12 heteroatoms. The van der Waals surface area contributed by atoms with Gasteiger partial charge in [-0.2, -0.15) is 35.1 Å². The average Bonchev–Trinajstić information content (AvgIpc) is 2.28. The summed E-state index contributed by atoms with van der Waals surface area (Å²) in [5, 5.41) is -1.06. The molecule has 1 nitrogen and oxygen atoms in total. The maximum atomic E-state index is 13.5. The summed E-state index contributed by atoms with van der Waals surface area (Å²) in [5.74, 6) is -7.86. The van der Waals surface area contributed by atoms with Gasteiger partial charge in [-0.1, -0.05) is 11.6 Å². The Morgan fingerprint density at radius 2 is 1.41 bits per heavy atom. The van der Waals surface area contributed by atoms with Crippen molar-refractivity contribution in [2.24, 2.45) is 5.73 Å². The smallest absolute Gasteiger partial charge is 0.319 e. The minimum absolute atomic E-state index is 0. The maximum absolute atomic E-state index is 13.5.